The highest BCUT2D eigenvalue weighted by Crippen LogP contribution is 2.28. The van der Waals surface area contributed by atoms with E-state index >= 15 is 0 Å². The number of carboxylic acids is 1. The number of nitrogens with one attached hydrogen (secondary N) is 1. The highest BCUT2D eigenvalue weighted by molar-refractivity contribution is 5.93. The zero-order valence-electron chi connectivity index (χ0n) is 9.44. The molecule has 2 rings (SSSR count). The van der Waals surface area contributed by atoms with Gasteiger partial charge in [-0.25, -0.2) is 4.63 Å². The number of carbonyl (C=O) groups is 1. The van der Waals surface area contributed by atoms with Crippen LogP contribution >= 0.6 is 0 Å². The summed E-state index contributed by atoms with van der Waals surface area (Å²) >= 11 is 0. The van der Waals surface area contributed by atoms with Gasteiger partial charge in [-0.3, -0.25) is 14.9 Å². The quantitative estimate of drug-likeness (QED) is 0.498. The molecule has 0 saturated heterocycles. The number of hydrogen-bond donors (Lipinski definition) is 3. The number of nitrogens with two attached hydrogens (primary N) is 1. The van der Waals surface area contributed by atoms with Crippen molar-refractivity contribution in [2.24, 2.45) is 5.73 Å². The molecule has 0 aliphatic carbocycles. The molecule has 1 atom stereocenters. The molecule has 0 aliphatic heterocycles. The molecule has 0 bridgehead atoms. The Kier molecular flexibility index (Phi) is 3.25. The fraction of sp³-hybridized carbons (Fsp3) is 0.222. The summed E-state index contributed by atoms with van der Waals surface area (Å²) < 4.78 is 4.46. The van der Waals surface area contributed by atoms with Crippen LogP contribution in [0.25, 0.3) is 11.0 Å². The van der Waals surface area contributed by atoms with E-state index in [0.29, 0.717) is 5.69 Å². The number of carboxylic acid groups (broad SMARTS) is 1. The molecule has 10 heteroatoms. The van der Waals surface area contributed by atoms with E-state index in [-0.39, 0.29) is 23.3 Å². The van der Waals surface area contributed by atoms with Crippen LogP contribution in [-0.4, -0.2) is 38.9 Å². The van der Waals surface area contributed by atoms with Gasteiger partial charge in [0.05, 0.1) is 10.6 Å². The van der Waals surface area contributed by atoms with Gasteiger partial charge in [0, 0.05) is 12.6 Å². The smallest absolute Gasteiger partial charge is 0.322 e. The van der Waals surface area contributed by atoms with Crippen LogP contribution in [0, 0.1) is 10.1 Å². The average molecular weight is 267 g/mol. The van der Waals surface area contributed by atoms with Crippen LogP contribution in [0.2, 0.25) is 0 Å². The topological polar surface area (TPSA) is 157 Å². The summed E-state index contributed by atoms with van der Waals surface area (Å²) in [4.78, 5) is 20.7. The molecule has 0 spiro atoms. The highest BCUT2D eigenvalue weighted by Gasteiger charge is 2.20. The summed E-state index contributed by atoms with van der Waals surface area (Å²) in [6, 6.07) is 1.51. The Labute approximate surface area is 105 Å². The van der Waals surface area contributed by atoms with Crippen molar-refractivity contribution in [2.45, 2.75) is 6.04 Å². The number of nitro benzene ring substituents is 1. The van der Waals surface area contributed by atoms with Crippen molar-refractivity contribution in [2.75, 3.05) is 11.9 Å². The van der Waals surface area contributed by atoms with E-state index in [1.807, 2.05) is 0 Å². The van der Waals surface area contributed by atoms with Gasteiger partial charge in [-0.2, -0.15) is 0 Å². The minimum Gasteiger partial charge on any atom is -0.480 e. The first-order valence-corrected chi connectivity index (χ1v) is 5.12. The van der Waals surface area contributed by atoms with Crippen LogP contribution < -0.4 is 11.1 Å². The Morgan fingerprint density at radius 2 is 2.21 bits per heavy atom. The summed E-state index contributed by atoms with van der Waals surface area (Å²) in [6.07, 6.45) is 0. The molecule has 0 fully saturated rings. The second-order valence-electron chi connectivity index (χ2n) is 3.68. The molecule has 19 heavy (non-hydrogen) atoms. The number of aromatic nitrogens is 2. The number of aliphatic carboxylic acids is 1. The van der Waals surface area contributed by atoms with Crippen LogP contribution in [0.4, 0.5) is 11.4 Å². The summed E-state index contributed by atoms with van der Waals surface area (Å²) in [7, 11) is 0. The van der Waals surface area contributed by atoms with Crippen LogP contribution in [0.15, 0.2) is 16.8 Å². The lowest BCUT2D eigenvalue weighted by molar-refractivity contribution is -0.383. The molecule has 2 aromatic rings. The Bertz CT molecular complexity index is 639. The molecule has 10 nitrogen and oxygen atoms in total. The van der Waals surface area contributed by atoms with Gasteiger partial charge in [-0.1, -0.05) is 0 Å². The van der Waals surface area contributed by atoms with Crippen molar-refractivity contribution in [3.8, 4) is 0 Å². The van der Waals surface area contributed by atoms with Crippen LogP contribution in [0.5, 0.6) is 0 Å². The Balaban J connectivity index is 2.30. The average Bonchev–Trinajstić information content (AvgIpc) is 2.83. The summed E-state index contributed by atoms with van der Waals surface area (Å²) in [6.45, 7) is -0.0604. The van der Waals surface area contributed by atoms with E-state index in [0.717, 1.165) is 0 Å². The third kappa shape index (κ3) is 2.42. The van der Waals surface area contributed by atoms with Crippen molar-refractivity contribution in [3.63, 3.8) is 0 Å². The number of non-ortho nitro benzene ring substituents is 1. The van der Waals surface area contributed by atoms with E-state index in [2.05, 4.69) is 20.3 Å². The predicted octanol–water partition coefficient (Wildman–Crippen LogP) is -0.0452. The molecular formula is C9H9N5O5. The second kappa shape index (κ2) is 4.86. The normalized spacial score (nSPS) is 12.3. The van der Waals surface area contributed by atoms with Gasteiger partial charge < -0.3 is 16.2 Å². The molecular weight excluding hydrogens is 258 g/mol. The zero-order chi connectivity index (χ0) is 14.0. The Morgan fingerprint density at radius 1 is 1.53 bits per heavy atom. The fourth-order valence-corrected chi connectivity index (χ4v) is 1.45. The third-order valence-electron chi connectivity index (χ3n) is 2.42. The SMILES string of the molecule is N[C@@H](CNc1ccc([N+](=O)[O-])c2nonc12)C(=O)O. The molecule has 0 saturated carbocycles. The molecule has 0 amide bonds. The largest absolute Gasteiger partial charge is 0.480 e. The van der Waals surface area contributed by atoms with E-state index in [4.69, 9.17) is 10.8 Å². The first-order valence-electron chi connectivity index (χ1n) is 5.12. The van der Waals surface area contributed by atoms with Gasteiger partial charge in [-0.05, 0) is 16.4 Å². The van der Waals surface area contributed by atoms with E-state index in [9.17, 15) is 14.9 Å². The standard InChI is InChI=1S/C9H9N5O5/c10-4(9(15)16)3-11-5-1-2-6(14(17)18)8-7(5)12-19-13-8/h1-2,4,11H,3,10H2,(H,15,16)/t4-/m0/s1. The molecule has 1 aromatic heterocycles. The molecule has 100 valence electrons. The van der Waals surface area contributed by atoms with Gasteiger partial charge in [0.15, 0.2) is 5.52 Å². The lowest BCUT2D eigenvalue weighted by Crippen LogP contribution is -2.36. The van der Waals surface area contributed by atoms with Crippen LogP contribution in [0.3, 0.4) is 0 Å². The monoisotopic (exact) mass is 267 g/mol. The van der Waals surface area contributed by atoms with E-state index in [1.165, 1.54) is 12.1 Å². The lowest BCUT2D eigenvalue weighted by atomic mass is 10.2. The third-order valence-corrected chi connectivity index (χ3v) is 2.42. The highest BCUT2D eigenvalue weighted by atomic mass is 16.6. The van der Waals surface area contributed by atoms with Crippen molar-refractivity contribution in [1.82, 2.24) is 10.3 Å². The number of nitro groups is 1. The maximum atomic E-state index is 10.8. The van der Waals surface area contributed by atoms with Gasteiger partial charge in [0.2, 0.25) is 5.52 Å². The number of rotatable bonds is 5. The van der Waals surface area contributed by atoms with Gasteiger partial charge in [0.1, 0.15) is 6.04 Å². The lowest BCUT2D eigenvalue weighted by Gasteiger charge is -2.09. The van der Waals surface area contributed by atoms with Gasteiger partial charge in [-0.15, -0.1) is 0 Å². The first-order chi connectivity index (χ1) is 9.00. The zero-order valence-corrected chi connectivity index (χ0v) is 9.44. The molecule has 4 N–H and O–H groups in total. The summed E-state index contributed by atoms with van der Waals surface area (Å²) in [5.74, 6) is -1.16. The Morgan fingerprint density at radius 3 is 2.84 bits per heavy atom. The minimum atomic E-state index is -1.16. The fourth-order valence-electron chi connectivity index (χ4n) is 1.45. The first kappa shape index (κ1) is 12.7. The number of anilines is 1. The molecule has 0 radical (unpaired) electrons. The maximum Gasteiger partial charge on any atom is 0.322 e. The predicted molar refractivity (Wildman–Crippen MR) is 62.6 cm³/mol. The second-order valence-corrected chi connectivity index (χ2v) is 3.68. The number of benzene rings is 1. The number of nitrogens with zero attached hydrogens (tertiary/aromatic N) is 3. The van der Waals surface area contributed by atoms with Crippen molar-refractivity contribution in [3.05, 3.63) is 22.2 Å². The maximum absolute atomic E-state index is 10.8. The minimum absolute atomic E-state index is 0.0149. The number of fused-ring (bicyclic) bond motifs is 1. The van der Waals surface area contributed by atoms with E-state index in [1.54, 1.807) is 0 Å². The van der Waals surface area contributed by atoms with Crippen molar-refractivity contribution in [1.29, 1.82) is 0 Å². The summed E-state index contributed by atoms with van der Waals surface area (Å²) in [5, 5.41) is 29.1. The van der Waals surface area contributed by atoms with Crippen LogP contribution in [-0.2, 0) is 4.79 Å². The number of hydrogen-bond acceptors (Lipinski definition) is 8. The van der Waals surface area contributed by atoms with E-state index < -0.39 is 16.9 Å². The molecule has 1 aromatic carbocycles. The summed E-state index contributed by atoms with van der Waals surface area (Å²) in [5.41, 5.74) is 5.58. The van der Waals surface area contributed by atoms with Gasteiger partial charge in [0.25, 0.3) is 0 Å². The molecule has 1 heterocycles. The Hall–Kier alpha value is -2.75. The van der Waals surface area contributed by atoms with Crippen molar-refractivity contribution < 1.29 is 19.5 Å². The molecule has 0 aliphatic rings. The molecule has 0 unspecified atom stereocenters. The van der Waals surface area contributed by atoms with Gasteiger partial charge >= 0.3 is 11.7 Å². The van der Waals surface area contributed by atoms with Crippen LogP contribution in [0.1, 0.15) is 0 Å². The van der Waals surface area contributed by atoms with Crippen molar-refractivity contribution >= 4 is 28.4 Å².